The minimum atomic E-state index is -0.498. The molecule has 1 N–H and O–H groups in total. The maximum Gasteiger partial charge on any atom is 0.357 e. The second-order valence-electron chi connectivity index (χ2n) is 5.28. The van der Waals surface area contributed by atoms with Crippen molar-refractivity contribution < 1.29 is 19.1 Å². The molecule has 1 aromatic rings. The van der Waals surface area contributed by atoms with Gasteiger partial charge in [-0.15, -0.1) is 11.3 Å². The minimum Gasteiger partial charge on any atom is -0.461 e. The number of anilines is 1. The summed E-state index contributed by atoms with van der Waals surface area (Å²) in [6.45, 7) is 4.97. The zero-order valence-electron chi connectivity index (χ0n) is 13.3. The fourth-order valence-electron chi connectivity index (χ4n) is 2.48. The van der Waals surface area contributed by atoms with Gasteiger partial charge in [-0.05, 0) is 19.8 Å². The number of aromatic nitrogens is 1. The Bertz CT molecular complexity index is 587. The molecule has 0 bridgehead atoms. The van der Waals surface area contributed by atoms with Crippen molar-refractivity contribution >= 4 is 34.3 Å². The van der Waals surface area contributed by atoms with E-state index in [1.165, 1.54) is 11.3 Å². The number of hydrogen-bond acceptors (Lipinski definition) is 6. The van der Waals surface area contributed by atoms with Gasteiger partial charge in [-0.25, -0.2) is 9.78 Å². The topological polar surface area (TPSA) is 88.6 Å². The molecule has 1 aliphatic rings. The number of likely N-dealkylation sites (tertiary alicyclic amines) is 1. The lowest BCUT2D eigenvalue weighted by Gasteiger charge is -2.31. The zero-order valence-corrected chi connectivity index (χ0v) is 14.1. The van der Waals surface area contributed by atoms with Crippen molar-refractivity contribution in [2.24, 2.45) is 5.92 Å². The van der Waals surface area contributed by atoms with Gasteiger partial charge < -0.3 is 15.0 Å². The van der Waals surface area contributed by atoms with Gasteiger partial charge >= 0.3 is 5.97 Å². The van der Waals surface area contributed by atoms with Crippen LogP contribution in [0.25, 0.3) is 0 Å². The molecule has 1 aromatic heterocycles. The fraction of sp³-hybridized carbons (Fsp3) is 0.600. The van der Waals surface area contributed by atoms with E-state index in [0.717, 1.165) is 12.8 Å². The Labute approximate surface area is 139 Å². The van der Waals surface area contributed by atoms with E-state index in [9.17, 15) is 14.4 Å². The van der Waals surface area contributed by atoms with Crippen molar-refractivity contribution in [1.82, 2.24) is 9.88 Å². The van der Waals surface area contributed by atoms with Crippen LogP contribution in [0.2, 0.25) is 0 Å². The van der Waals surface area contributed by atoms with Crippen LogP contribution in [0.3, 0.4) is 0 Å². The molecule has 1 aliphatic heterocycles. The molecule has 0 unspecified atom stereocenters. The first-order valence-electron chi connectivity index (χ1n) is 7.76. The highest BCUT2D eigenvalue weighted by molar-refractivity contribution is 7.14. The Morgan fingerprint density at radius 1 is 1.43 bits per heavy atom. The molecule has 23 heavy (non-hydrogen) atoms. The molecule has 2 heterocycles. The summed E-state index contributed by atoms with van der Waals surface area (Å²) in [4.78, 5) is 41.5. The van der Waals surface area contributed by atoms with Gasteiger partial charge in [0.05, 0.1) is 12.5 Å². The maximum atomic E-state index is 12.3. The van der Waals surface area contributed by atoms with E-state index in [1.54, 1.807) is 17.2 Å². The maximum absolute atomic E-state index is 12.3. The molecule has 0 aromatic carbocycles. The number of thiazole rings is 1. The molecule has 2 amide bonds. The Morgan fingerprint density at radius 3 is 2.91 bits per heavy atom. The number of nitrogens with zero attached hydrogens (tertiary/aromatic N) is 2. The Morgan fingerprint density at radius 2 is 2.22 bits per heavy atom. The third-order valence-corrected chi connectivity index (χ3v) is 4.42. The summed E-state index contributed by atoms with van der Waals surface area (Å²) in [5.41, 5.74) is 0.193. The summed E-state index contributed by atoms with van der Waals surface area (Å²) in [5, 5.41) is 4.66. The van der Waals surface area contributed by atoms with Gasteiger partial charge in [0.25, 0.3) is 0 Å². The molecule has 0 saturated carbocycles. The predicted octanol–water partition coefficient (Wildman–Crippen LogP) is 1.91. The van der Waals surface area contributed by atoms with Crippen LogP contribution in [0.4, 0.5) is 5.13 Å². The lowest BCUT2D eigenvalue weighted by Crippen LogP contribution is -2.43. The number of ether oxygens (including phenoxy) is 1. The molecule has 2 rings (SSSR count). The predicted molar refractivity (Wildman–Crippen MR) is 86.3 cm³/mol. The standard InChI is InChI=1S/C15H21N3O4S/c1-3-12(19)18-7-5-6-10(8-18)13(20)17-15-16-11(9-23-15)14(21)22-4-2/h9-10H,3-8H2,1-2H3,(H,16,17,20)/t10-/m1/s1. The monoisotopic (exact) mass is 339 g/mol. The van der Waals surface area contributed by atoms with E-state index in [2.05, 4.69) is 10.3 Å². The minimum absolute atomic E-state index is 0.0707. The quantitative estimate of drug-likeness (QED) is 0.828. The van der Waals surface area contributed by atoms with Crippen molar-refractivity contribution in [2.45, 2.75) is 33.1 Å². The molecule has 8 heteroatoms. The lowest BCUT2D eigenvalue weighted by atomic mass is 9.97. The number of hydrogen-bond donors (Lipinski definition) is 1. The molecular weight excluding hydrogens is 318 g/mol. The molecule has 1 fully saturated rings. The Balaban J connectivity index is 1.93. The van der Waals surface area contributed by atoms with Crippen LogP contribution >= 0.6 is 11.3 Å². The molecule has 0 spiro atoms. The number of carbonyl (C=O) groups is 3. The number of nitrogens with one attached hydrogen (secondary N) is 1. The highest BCUT2D eigenvalue weighted by atomic mass is 32.1. The lowest BCUT2D eigenvalue weighted by molar-refractivity contribution is -0.134. The zero-order chi connectivity index (χ0) is 16.8. The number of esters is 1. The second-order valence-corrected chi connectivity index (χ2v) is 6.14. The summed E-state index contributed by atoms with van der Waals surface area (Å²) < 4.78 is 4.86. The average Bonchev–Trinajstić information content (AvgIpc) is 3.03. The molecule has 0 radical (unpaired) electrons. The molecule has 0 aliphatic carbocycles. The normalized spacial score (nSPS) is 17.7. The number of rotatable bonds is 5. The van der Waals surface area contributed by atoms with Gasteiger partial charge in [0.2, 0.25) is 11.8 Å². The second kappa shape index (κ2) is 8.05. The van der Waals surface area contributed by atoms with E-state index < -0.39 is 5.97 Å². The van der Waals surface area contributed by atoms with Crippen molar-refractivity contribution in [3.05, 3.63) is 11.1 Å². The largest absolute Gasteiger partial charge is 0.461 e. The third-order valence-electron chi connectivity index (χ3n) is 3.67. The van der Waals surface area contributed by atoms with Gasteiger partial charge in [0.1, 0.15) is 0 Å². The number of piperidine rings is 1. The van der Waals surface area contributed by atoms with Crippen molar-refractivity contribution in [1.29, 1.82) is 0 Å². The van der Waals surface area contributed by atoms with Crippen LogP contribution in [-0.2, 0) is 14.3 Å². The molecule has 7 nitrogen and oxygen atoms in total. The van der Waals surface area contributed by atoms with Crippen LogP contribution < -0.4 is 5.32 Å². The smallest absolute Gasteiger partial charge is 0.357 e. The van der Waals surface area contributed by atoms with Crippen LogP contribution in [0.1, 0.15) is 43.6 Å². The highest BCUT2D eigenvalue weighted by Crippen LogP contribution is 2.21. The van der Waals surface area contributed by atoms with Crippen LogP contribution in [0.15, 0.2) is 5.38 Å². The van der Waals surface area contributed by atoms with E-state index in [1.807, 2.05) is 6.92 Å². The SMILES string of the molecule is CCOC(=O)c1csc(NC(=O)[C@@H]2CCCN(C(=O)CC)C2)n1. The molecule has 126 valence electrons. The van der Waals surface area contributed by atoms with Crippen molar-refractivity contribution in [2.75, 3.05) is 25.0 Å². The molecule has 1 atom stereocenters. The van der Waals surface area contributed by atoms with E-state index in [4.69, 9.17) is 4.74 Å². The highest BCUT2D eigenvalue weighted by Gasteiger charge is 2.28. The van der Waals surface area contributed by atoms with Crippen molar-refractivity contribution in [3.63, 3.8) is 0 Å². The van der Waals surface area contributed by atoms with Crippen molar-refractivity contribution in [3.8, 4) is 0 Å². The third kappa shape index (κ3) is 4.51. The first-order valence-corrected chi connectivity index (χ1v) is 8.64. The van der Waals surface area contributed by atoms with Crippen LogP contribution in [0.5, 0.6) is 0 Å². The number of carbonyl (C=O) groups excluding carboxylic acids is 3. The first-order chi connectivity index (χ1) is 11.0. The first kappa shape index (κ1) is 17.4. The fourth-order valence-corrected chi connectivity index (χ4v) is 3.16. The summed E-state index contributed by atoms with van der Waals surface area (Å²) in [7, 11) is 0. The van der Waals surface area contributed by atoms with E-state index in [0.29, 0.717) is 24.6 Å². The Hall–Kier alpha value is -1.96. The average molecular weight is 339 g/mol. The van der Waals surface area contributed by atoms with Gasteiger partial charge in [-0.3, -0.25) is 9.59 Å². The summed E-state index contributed by atoms with van der Waals surface area (Å²) >= 11 is 1.18. The summed E-state index contributed by atoms with van der Waals surface area (Å²) in [6, 6.07) is 0. The van der Waals surface area contributed by atoms with Gasteiger partial charge in [0.15, 0.2) is 10.8 Å². The van der Waals surface area contributed by atoms with E-state index in [-0.39, 0.29) is 30.0 Å². The van der Waals surface area contributed by atoms with Gasteiger partial charge in [0, 0.05) is 24.9 Å². The van der Waals surface area contributed by atoms with Crippen LogP contribution in [0, 0.1) is 5.92 Å². The Kier molecular flexibility index (Phi) is 6.09. The molecule has 1 saturated heterocycles. The number of amides is 2. The summed E-state index contributed by atoms with van der Waals surface area (Å²) in [6.07, 6.45) is 2.01. The van der Waals surface area contributed by atoms with Crippen LogP contribution in [-0.4, -0.2) is 47.4 Å². The van der Waals surface area contributed by atoms with E-state index >= 15 is 0 Å². The van der Waals surface area contributed by atoms with Gasteiger partial charge in [-0.2, -0.15) is 0 Å². The van der Waals surface area contributed by atoms with Gasteiger partial charge in [-0.1, -0.05) is 6.92 Å². The molecular formula is C15H21N3O4S. The summed E-state index contributed by atoms with van der Waals surface area (Å²) in [5.74, 6) is -0.833.